The highest BCUT2D eigenvalue weighted by Crippen LogP contribution is 2.60. The molecule has 0 bridgehead atoms. The van der Waals surface area contributed by atoms with E-state index in [0.717, 1.165) is 56.7 Å². The minimum atomic E-state index is -5.22. The van der Waals surface area contributed by atoms with Crippen molar-refractivity contribution in [3.8, 4) is 74.3 Å². The molecule has 3 aromatic heterocycles. The minimum absolute atomic E-state index is 0.000741. The van der Waals surface area contributed by atoms with Gasteiger partial charge in [-0.3, -0.25) is 14.4 Å². The van der Waals surface area contributed by atoms with E-state index in [-0.39, 0.29) is 123 Å². The first kappa shape index (κ1) is 95.1. The summed E-state index contributed by atoms with van der Waals surface area (Å²) >= 11 is 6.28. The number of hydrogen-bond donors (Lipinski definition) is 7. The second-order valence-electron chi connectivity index (χ2n) is 33.6. The van der Waals surface area contributed by atoms with Crippen LogP contribution >= 0.6 is 11.6 Å². The number of aromatic nitrogens is 3. The molecule has 0 saturated heterocycles. The van der Waals surface area contributed by atoms with Crippen LogP contribution in [0, 0.1) is 29.4 Å². The first-order valence-electron chi connectivity index (χ1n) is 41.3. The summed E-state index contributed by atoms with van der Waals surface area (Å²) in [5, 5.41) is 61.9. The minimum Gasteiger partial charge on any atom is -0.493 e. The molecule has 22 nitrogen and oxygen atoms in total. The number of carbonyl (C=O) groups excluding carboxylic acids is 3. The van der Waals surface area contributed by atoms with Gasteiger partial charge in [0.05, 0.1) is 82.1 Å². The van der Waals surface area contributed by atoms with E-state index in [1.165, 1.54) is 145 Å². The van der Waals surface area contributed by atoms with Gasteiger partial charge < -0.3 is 79.0 Å². The Morgan fingerprint density at radius 2 is 0.746 bits per heavy atom. The SMILES string of the molecule is COc1cc(C(=O)CCC(O)(c2cc3c(c(-c4ccc(F)cc4)n2)OCCC3(C)C2CC2)C(F)(F)F)ccc1OC[C@@H](C)O.COc1cc(C(=O)CCC(O)(c2cc3c(c(-c4ccc(F)cc4)n2)OCCC3(N)C2CC2)C(F)(F)F)ccc1OC[C@@H](C)O.COc1cc(C(=O)CCC(O)(c2cc3c(c(Cl)n2)OCCC3(C)C2CC2)C(F)(F)F)ccc1OC[C@@H](C)O. The molecule has 6 unspecified atom stereocenters. The number of methoxy groups -OCH3 is 3. The fourth-order valence-electron chi connectivity index (χ4n) is 16.3. The molecule has 9 atom stereocenters. The Kier molecular flexibility index (Phi) is 28.5. The zero-order valence-electron chi connectivity index (χ0n) is 70.4. The molecule has 14 rings (SSSR count). The predicted molar refractivity (Wildman–Crippen MR) is 439 cm³/mol. The van der Waals surface area contributed by atoms with Crippen molar-refractivity contribution in [3.05, 3.63) is 189 Å². The second kappa shape index (κ2) is 37.7. The van der Waals surface area contributed by atoms with Crippen molar-refractivity contribution in [3.63, 3.8) is 0 Å². The van der Waals surface area contributed by atoms with Gasteiger partial charge in [0.15, 0.2) is 68.5 Å². The fourth-order valence-corrected chi connectivity index (χ4v) is 16.5. The third kappa shape index (κ3) is 20.4. The van der Waals surface area contributed by atoms with Crippen molar-refractivity contribution in [2.45, 2.75) is 201 Å². The predicted octanol–water partition coefficient (Wildman–Crippen LogP) is 17.3. The number of Topliss-reactive ketones (excluding diaryl/α,β-unsaturated/α-hetero) is 3. The van der Waals surface area contributed by atoms with E-state index in [1.54, 1.807) is 0 Å². The van der Waals surface area contributed by atoms with E-state index in [1.807, 2.05) is 13.8 Å². The summed E-state index contributed by atoms with van der Waals surface area (Å²) in [6, 6.07) is 26.3. The van der Waals surface area contributed by atoms with Crippen molar-refractivity contribution < 1.29 is 136 Å². The van der Waals surface area contributed by atoms with Gasteiger partial charge in [0.2, 0.25) is 16.8 Å². The highest BCUT2D eigenvalue weighted by atomic mass is 35.5. The molecule has 3 fully saturated rings. The van der Waals surface area contributed by atoms with Crippen LogP contribution in [0.25, 0.3) is 22.5 Å². The van der Waals surface area contributed by atoms with Crippen LogP contribution < -0.4 is 48.4 Å². The number of carbonyl (C=O) groups is 3. The van der Waals surface area contributed by atoms with E-state index in [9.17, 15) is 93.3 Å². The number of fused-ring (bicyclic) bond motifs is 3. The van der Waals surface area contributed by atoms with Crippen LogP contribution in [-0.2, 0) is 33.2 Å². The van der Waals surface area contributed by atoms with Crippen molar-refractivity contribution in [2.75, 3.05) is 61.0 Å². The van der Waals surface area contributed by atoms with Gasteiger partial charge in [-0.2, -0.15) is 39.5 Å². The third-order valence-corrected chi connectivity index (χ3v) is 24.6. The number of aliphatic hydroxyl groups excluding tert-OH is 3. The van der Waals surface area contributed by atoms with Gasteiger partial charge in [0.1, 0.15) is 48.6 Å². The van der Waals surface area contributed by atoms with Crippen LogP contribution in [0.4, 0.5) is 48.3 Å². The maximum Gasteiger partial charge on any atom is 0.422 e. The smallest absolute Gasteiger partial charge is 0.422 e. The van der Waals surface area contributed by atoms with Crippen LogP contribution in [0.5, 0.6) is 51.7 Å². The van der Waals surface area contributed by atoms with Crippen molar-refractivity contribution in [1.82, 2.24) is 15.0 Å². The lowest BCUT2D eigenvalue weighted by atomic mass is 9.72. The van der Waals surface area contributed by atoms with E-state index in [2.05, 4.69) is 15.0 Å². The molecule has 126 heavy (non-hydrogen) atoms. The third-order valence-electron chi connectivity index (χ3n) is 24.3. The van der Waals surface area contributed by atoms with Crippen molar-refractivity contribution in [2.24, 2.45) is 23.5 Å². The first-order valence-corrected chi connectivity index (χ1v) is 41.7. The van der Waals surface area contributed by atoms with Crippen LogP contribution in [0.2, 0.25) is 5.15 Å². The summed E-state index contributed by atoms with van der Waals surface area (Å²) in [6.07, 6.45) is -15.8. The lowest BCUT2D eigenvalue weighted by Crippen LogP contribution is -2.46. The Morgan fingerprint density at radius 1 is 0.444 bits per heavy atom. The highest BCUT2D eigenvalue weighted by molar-refractivity contribution is 6.31. The molecule has 3 aliphatic carbocycles. The molecule has 680 valence electrons. The Balaban J connectivity index is 0.000000172. The lowest BCUT2D eigenvalue weighted by Gasteiger charge is -2.39. The van der Waals surface area contributed by atoms with Gasteiger partial charge in [-0.05, 0) is 230 Å². The maximum atomic E-state index is 14.8. The van der Waals surface area contributed by atoms with Gasteiger partial charge >= 0.3 is 18.5 Å². The average Bonchev–Trinajstić information content (AvgIpc) is 1.70. The van der Waals surface area contributed by atoms with E-state index >= 15 is 0 Å². The molecule has 8 N–H and O–H groups in total. The molecule has 6 heterocycles. The Hall–Kier alpha value is -10.0. The number of alkyl halides is 9. The number of aliphatic hydroxyl groups is 6. The molecule has 0 radical (unpaired) electrons. The number of rotatable bonds is 32. The van der Waals surface area contributed by atoms with Crippen molar-refractivity contribution in [1.29, 1.82) is 0 Å². The quantitative estimate of drug-likeness (QED) is 0.0117. The largest absolute Gasteiger partial charge is 0.493 e. The Labute approximate surface area is 724 Å². The summed E-state index contributed by atoms with van der Waals surface area (Å²) < 4.78 is 209. The molecule has 0 spiro atoms. The zero-order chi connectivity index (χ0) is 91.6. The summed E-state index contributed by atoms with van der Waals surface area (Å²) in [6.45, 7) is 9.44. The molecular formula is C92H100ClF11N4O18. The van der Waals surface area contributed by atoms with Crippen LogP contribution in [0.3, 0.4) is 0 Å². The number of ether oxygens (including phenoxy) is 9. The normalized spacial score (nSPS) is 20.6. The average molecular weight is 1790 g/mol. The van der Waals surface area contributed by atoms with Gasteiger partial charge in [0, 0.05) is 81.0 Å². The lowest BCUT2D eigenvalue weighted by molar-refractivity contribution is -0.270. The highest BCUT2D eigenvalue weighted by Gasteiger charge is 2.61. The Bertz CT molecular complexity index is 5040. The van der Waals surface area contributed by atoms with Gasteiger partial charge in [-0.1, -0.05) is 25.4 Å². The molecular weight excluding hydrogens is 1690 g/mol. The molecule has 8 aromatic rings. The van der Waals surface area contributed by atoms with Gasteiger partial charge in [-0.25, -0.2) is 23.7 Å². The second-order valence-corrected chi connectivity index (χ2v) is 33.9. The topological polar surface area (TPSA) is 320 Å². The van der Waals surface area contributed by atoms with Crippen LogP contribution in [-0.4, -0.2) is 161 Å². The van der Waals surface area contributed by atoms with E-state index in [4.69, 9.17) is 60.0 Å². The van der Waals surface area contributed by atoms with Crippen molar-refractivity contribution >= 4 is 29.0 Å². The molecule has 5 aromatic carbocycles. The van der Waals surface area contributed by atoms with Crippen LogP contribution in [0.15, 0.2) is 121 Å². The standard InChI is InChI=1S/C33H35F4NO6.C32H34F4N2O6.C27H31ClF3NO6/c1-19(39)18-44-26-11-6-21(16-27(26)42-3)25(40)12-13-32(41,33(35,36)37)28-17-24-30(43-15-14-31(24,2)22-7-8-22)29(38-28)20-4-9-23(34)10-5-20;1-18(39)17-44-25-10-5-20(15-26(25)42-2)24(40)11-12-31(41,32(34,35)36)27-16-23-29(43-14-13-30(23,37)21-6-7-21)28(38-27)19-3-8-22(33)9-4-19;1-15(33)14-38-20-7-4-16(12-21(20)36-3)19(34)8-9-26(35,27(29,30)31)22-13-18-23(24(28)32-22)37-11-10-25(18,2)17-5-6-17/h4-6,9-11,16-17,19,22,39,41H,7-8,12-15,18H2,1-3H3;3-5,8-10,15-16,18,21,39,41H,6-7,11-14,17,37H2,1-2H3;4,7,12-13,15,17,33,35H,5-6,8-11,14H2,1-3H3/t19-,31?,32?;18-,30?,31?;15-,25?,26?/m111/s1. The maximum absolute atomic E-state index is 14.8. The summed E-state index contributed by atoms with van der Waals surface area (Å²) in [4.78, 5) is 51.7. The number of nitrogens with two attached hydrogens (primary N) is 1. The number of hydrogen-bond acceptors (Lipinski definition) is 22. The summed E-state index contributed by atoms with van der Waals surface area (Å²) in [5.41, 5.74) is -5.34. The number of halogens is 12. The molecule has 34 heteroatoms. The first-order chi connectivity index (χ1) is 59.3. The van der Waals surface area contributed by atoms with Crippen LogP contribution in [0.1, 0.15) is 196 Å². The summed E-state index contributed by atoms with van der Waals surface area (Å²) in [5.74, 6) is -0.440. The number of pyridine rings is 3. The number of nitrogens with zero attached hydrogens (tertiary/aromatic N) is 3. The molecule has 0 amide bonds. The zero-order valence-corrected chi connectivity index (χ0v) is 71.2. The van der Waals surface area contributed by atoms with E-state index < -0.39 is 155 Å². The molecule has 3 saturated carbocycles. The fraction of sp³-hybridized carbons (Fsp3) is 0.478. The molecule has 3 aliphatic heterocycles. The van der Waals surface area contributed by atoms with E-state index in [0.29, 0.717) is 66.4 Å². The number of benzene rings is 5. The van der Waals surface area contributed by atoms with Gasteiger partial charge in [-0.15, -0.1) is 0 Å². The summed E-state index contributed by atoms with van der Waals surface area (Å²) in [7, 11) is 4.04. The Morgan fingerprint density at radius 3 is 1.06 bits per heavy atom. The van der Waals surface area contributed by atoms with Gasteiger partial charge in [0.25, 0.3) is 0 Å². The molecule has 6 aliphatic rings. The monoisotopic (exact) mass is 1790 g/mol. The number of ketones is 3.